The molecular formula is C17H21NO. The van der Waals surface area contributed by atoms with Crippen molar-refractivity contribution in [1.82, 2.24) is 5.32 Å². The maximum absolute atomic E-state index is 9.48. The van der Waals surface area contributed by atoms with Crippen molar-refractivity contribution in [2.45, 2.75) is 25.4 Å². The first kappa shape index (κ1) is 13.8. The van der Waals surface area contributed by atoms with Crippen LogP contribution >= 0.6 is 0 Å². The van der Waals surface area contributed by atoms with Crippen molar-refractivity contribution in [2.24, 2.45) is 0 Å². The fourth-order valence-corrected chi connectivity index (χ4v) is 2.12. The number of rotatable bonds is 6. The third-order valence-corrected chi connectivity index (χ3v) is 3.21. The zero-order chi connectivity index (χ0) is 13.3. The lowest BCUT2D eigenvalue weighted by Crippen LogP contribution is -2.32. The first-order chi connectivity index (χ1) is 9.38. The van der Waals surface area contributed by atoms with Crippen LogP contribution in [-0.4, -0.2) is 17.8 Å². The molecule has 2 rings (SSSR count). The van der Waals surface area contributed by atoms with E-state index >= 15 is 0 Å². The second-order valence-electron chi connectivity index (χ2n) is 4.75. The van der Waals surface area contributed by atoms with Gasteiger partial charge in [0.05, 0.1) is 6.61 Å². The molecule has 0 heterocycles. The second kappa shape index (κ2) is 7.72. The summed E-state index contributed by atoms with van der Waals surface area (Å²) in [5.74, 6) is 0. The zero-order valence-corrected chi connectivity index (χ0v) is 11.1. The largest absolute Gasteiger partial charge is 0.395 e. The summed E-state index contributed by atoms with van der Waals surface area (Å²) in [7, 11) is 0. The van der Waals surface area contributed by atoms with Gasteiger partial charge in [-0.3, -0.25) is 0 Å². The lowest BCUT2D eigenvalue weighted by atomic mass is 10.1. The Morgan fingerprint density at radius 3 is 2.79 bits per heavy atom. The van der Waals surface area contributed by atoms with Crippen LogP contribution in [0.3, 0.4) is 0 Å². The minimum Gasteiger partial charge on any atom is -0.395 e. The monoisotopic (exact) mass is 255 g/mol. The molecular weight excluding hydrogens is 234 g/mol. The lowest BCUT2D eigenvalue weighted by Gasteiger charge is -2.17. The Bertz CT molecular complexity index is 459. The first-order valence-corrected chi connectivity index (χ1v) is 6.79. The van der Waals surface area contributed by atoms with Gasteiger partial charge in [-0.05, 0) is 18.4 Å². The van der Waals surface area contributed by atoms with Gasteiger partial charge in [-0.2, -0.15) is 0 Å². The van der Waals surface area contributed by atoms with Gasteiger partial charge >= 0.3 is 0 Å². The molecule has 1 aromatic rings. The van der Waals surface area contributed by atoms with E-state index in [-0.39, 0.29) is 12.6 Å². The summed E-state index contributed by atoms with van der Waals surface area (Å²) in [5, 5.41) is 12.9. The maximum atomic E-state index is 9.48. The molecule has 2 N–H and O–H groups in total. The van der Waals surface area contributed by atoms with Crippen molar-refractivity contribution >= 4 is 0 Å². The molecule has 0 aromatic heterocycles. The molecule has 1 aromatic carbocycles. The smallest absolute Gasteiger partial charge is 0.0587 e. The second-order valence-corrected chi connectivity index (χ2v) is 4.75. The molecule has 19 heavy (non-hydrogen) atoms. The van der Waals surface area contributed by atoms with E-state index in [1.165, 1.54) is 11.1 Å². The number of benzene rings is 1. The van der Waals surface area contributed by atoms with E-state index in [2.05, 4.69) is 47.8 Å². The minimum atomic E-state index is 0.106. The van der Waals surface area contributed by atoms with E-state index in [9.17, 15) is 5.11 Å². The number of aliphatic hydroxyl groups excluding tert-OH is 1. The molecule has 0 fully saturated rings. The highest BCUT2D eigenvalue weighted by molar-refractivity contribution is 5.27. The molecule has 0 saturated heterocycles. The van der Waals surface area contributed by atoms with E-state index in [0.29, 0.717) is 0 Å². The molecule has 0 radical (unpaired) electrons. The standard InChI is InChI=1S/C17H21NO/c19-14-17(12-15-8-4-1-2-5-9-15)18-13-16-10-6-3-7-11-16/h1-4,6-11,17-19H,5,12-14H2. The number of aliphatic hydroxyl groups is 1. The van der Waals surface area contributed by atoms with Crippen LogP contribution in [0.4, 0.5) is 0 Å². The van der Waals surface area contributed by atoms with Crippen LogP contribution < -0.4 is 5.32 Å². The molecule has 0 aliphatic heterocycles. The molecule has 0 spiro atoms. The van der Waals surface area contributed by atoms with Crippen LogP contribution in [0.15, 0.2) is 66.3 Å². The Balaban J connectivity index is 1.85. The summed E-state index contributed by atoms with van der Waals surface area (Å²) in [5.41, 5.74) is 2.53. The summed E-state index contributed by atoms with van der Waals surface area (Å²) in [6.07, 6.45) is 12.4. The van der Waals surface area contributed by atoms with Crippen LogP contribution in [0, 0.1) is 0 Å². The van der Waals surface area contributed by atoms with Gasteiger partial charge in [0.1, 0.15) is 0 Å². The predicted molar refractivity (Wildman–Crippen MR) is 79.8 cm³/mol. The first-order valence-electron chi connectivity index (χ1n) is 6.79. The van der Waals surface area contributed by atoms with Gasteiger partial charge in [0.25, 0.3) is 0 Å². The zero-order valence-electron chi connectivity index (χ0n) is 11.1. The van der Waals surface area contributed by atoms with Crippen LogP contribution in [0.2, 0.25) is 0 Å². The average molecular weight is 255 g/mol. The molecule has 100 valence electrons. The van der Waals surface area contributed by atoms with Gasteiger partial charge in [-0.1, -0.05) is 66.3 Å². The normalized spacial score (nSPS) is 15.9. The SMILES string of the molecule is OCC(CC1=CCC=CC=C1)NCc1ccccc1. The Labute approximate surface area is 115 Å². The summed E-state index contributed by atoms with van der Waals surface area (Å²) in [6, 6.07) is 10.4. The van der Waals surface area contributed by atoms with Crippen molar-refractivity contribution < 1.29 is 5.11 Å². The van der Waals surface area contributed by atoms with Gasteiger partial charge in [-0.25, -0.2) is 0 Å². The van der Waals surface area contributed by atoms with E-state index in [1.54, 1.807) is 0 Å². The molecule has 1 aliphatic carbocycles. The quantitative estimate of drug-likeness (QED) is 0.819. The fourth-order valence-electron chi connectivity index (χ4n) is 2.12. The van der Waals surface area contributed by atoms with Crippen LogP contribution in [-0.2, 0) is 6.54 Å². The number of hydrogen-bond acceptors (Lipinski definition) is 2. The van der Waals surface area contributed by atoms with Gasteiger partial charge < -0.3 is 10.4 Å². The number of allylic oxidation sites excluding steroid dienone is 5. The summed E-state index contributed by atoms with van der Waals surface area (Å²) in [6.45, 7) is 0.951. The molecule has 1 atom stereocenters. The Hall–Kier alpha value is -1.64. The molecule has 0 saturated carbocycles. The van der Waals surface area contributed by atoms with Crippen LogP contribution in [0.1, 0.15) is 18.4 Å². The van der Waals surface area contributed by atoms with Crippen molar-refractivity contribution in [3.05, 3.63) is 71.8 Å². The Kier molecular flexibility index (Phi) is 5.60. The highest BCUT2D eigenvalue weighted by Crippen LogP contribution is 2.12. The maximum Gasteiger partial charge on any atom is 0.0587 e. The fraction of sp³-hybridized carbons (Fsp3) is 0.294. The minimum absolute atomic E-state index is 0.106. The molecule has 0 amide bonds. The van der Waals surface area contributed by atoms with Crippen molar-refractivity contribution in [1.29, 1.82) is 0 Å². The van der Waals surface area contributed by atoms with Crippen molar-refractivity contribution in [3.63, 3.8) is 0 Å². The van der Waals surface area contributed by atoms with Crippen molar-refractivity contribution in [3.8, 4) is 0 Å². The van der Waals surface area contributed by atoms with E-state index < -0.39 is 0 Å². The molecule has 1 aliphatic rings. The highest BCUT2D eigenvalue weighted by atomic mass is 16.3. The van der Waals surface area contributed by atoms with Crippen LogP contribution in [0.5, 0.6) is 0 Å². The number of nitrogens with one attached hydrogen (secondary N) is 1. The number of hydrogen-bond donors (Lipinski definition) is 2. The predicted octanol–water partition coefficient (Wildman–Crippen LogP) is 2.97. The summed E-state index contributed by atoms with van der Waals surface area (Å²) < 4.78 is 0. The van der Waals surface area contributed by atoms with E-state index in [1.807, 2.05) is 18.2 Å². The highest BCUT2D eigenvalue weighted by Gasteiger charge is 2.08. The van der Waals surface area contributed by atoms with Crippen molar-refractivity contribution in [2.75, 3.05) is 6.61 Å². The third kappa shape index (κ3) is 4.86. The average Bonchev–Trinajstić information content (AvgIpc) is 2.73. The molecule has 2 heteroatoms. The summed E-state index contributed by atoms with van der Waals surface area (Å²) in [4.78, 5) is 0. The lowest BCUT2D eigenvalue weighted by molar-refractivity contribution is 0.241. The topological polar surface area (TPSA) is 32.3 Å². The Morgan fingerprint density at radius 1 is 1.16 bits per heavy atom. The third-order valence-electron chi connectivity index (χ3n) is 3.21. The Morgan fingerprint density at radius 2 is 2.00 bits per heavy atom. The summed E-state index contributed by atoms with van der Waals surface area (Å²) >= 11 is 0. The van der Waals surface area contributed by atoms with Crippen LogP contribution in [0.25, 0.3) is 0 Å². The van der Waals surface area contributed by atoms with Gasteiger partial charge in [0.15, 0.2) is 0 Å². The van der Waals surface area contributed by atoms with Gasteiger partial charge in [-0.15, -0.1) is 0 Å². The molecule has 1 unspecified atom stereocenters. The van der Waals surface area contributed by atoms with Gasteiger partial charge in [0.2, 0.25) is 0 Å². The molecule has 2 nitrogen and oxygen atoms in total. The van der Waals surface area contributed by atoms with E-state index in [0.717, 1.165) is 19.4 Å². The molecule has 0 bridgehead atoms. The van der Waals surface area contributed by atoms with Gasteiger partial charge in [0, 0.05) is 12.6 Å². The van der Waals surface area contributed by atoms with E-state index in [4.69, 9.17) is 0 Å².